The highest BCUT2D eigenvalue weighted by molar-refractivity contribution is 5.93. The van der Waals surface area contributed by atoms with Gasteiger partial charge in [-0.25, -0.2) is 0 Å². The summed E-state index contributed by atoms with van der Waals surface area (Å²) in [5, 5.41) is 11.0. The summed E-state index contributed by atoms with van der Waals surface area (Å²) >= 11 is 0. The Hall–Kier alpha value is -3.22. The van der Waals surface area contributed by atoms with Crippen LogP contribution in [0.1, 0.15) is 13.0 Å². The van der Waals surface area contributed by atoms with E-state index in [-0.39, 0.29) is 11.5 Å². The van der Waals surface area contributed by atoms with Crippen molar-refractivity contribution in [1.29, 1.82) is 0 Å². The van der Waals surface area contributed by atoms with Crippen LogP contribution < -0.4 is 15.6 Å². The number of rotatable bonds is 4. The number of nitrogens with one attached hydrogen (secondary N) is 1. The molecule has 0 saturated heterocycles. The number of hydrogen-bond donors (Lipinski definition) is 1. The van der Waals surface area contributed by atoms with Gasteiger partial charge in [0.25, 0.3) is 5.56 Å². The minimum absolute atomic E-state index is 0.349. The van der Waals surface area contributed by atoms with E-state index in [1.165, 1.54) is 0 Å². The average molecular weight is 324 g/mol. The topological polar surface area (TPSA) is 86.1 Å². The summed E-state index contributed by atoms with van der Waals surface area (Å²) in [6.07, 6.45) is 0. The number of hydrogen-bond acceptors (Lipinski definition) is 5. The maximum atomic E-state index is 12.5. The van der Waals surface area contributed by atoms with Gasteiger partial charge in [0, 0.05) is 5.69 Å². The summed E-state index contributed by atoms with van der Waals surface area (Å²) < 4.78 is 6.16. The van der Waals surface area contributed by atoms with Gasteiger partial charge in [-0.2, -0.15) is 4.68 Å². The molecule has 0 bridgehead atoms. The smallest absolute Gasteiger partial charge is 0.278 e. The monoisotopic (exact) mass is 324 g/mol. The minimum atomic E-state index is -0.795. The zero-order valence-corrected chi connectivity index (χ0v) is 13.3. The highest BCUT2D eigenvalue weighted by Gasteiger charge is 2.19. The fourth-order valence-corrected chi connectivity index (χ4v) is 2.29. The third-order valence-electron chi connectivity index (χ3n) is 3.70. The van der Waals surface area contributed by atoms with Crippen LogP contribution in [0, 0.1) is 0 Å². The second-order valence-corrected chi connectivity index (χ2v) is 5.25. The summed E-state index contributed by atoms with van der Waals surface area (Å²) in [4.78, 5) is 24.9. The van der Waals surface area contributed by atoms with E-state index >= 15 is 0 Å². The molecule has 1 N–H and O–H groups in total. The van der Waals surface area contributed by atoms with Crippen LogP contribution in [0.5, 0.6) is 5.75 Å². The molecule has 0 radical (unpaired) electrons. The largest absolute Gasteiger partial charge is 0.497 e. The zero-order valence-electron chi connectivity index (χ0n) is 13.3. The lowest BCUT2D eigenvalue weighted by atomic mass is 10.2. The summed E-state index contributed by atoms with van der Waals surface area (Å²) in [6.45, 7) is 1.60. The zero-order chi connectivity index (χ0) is 17.1. The lowest BCUT2D eigenvalue weighted by Crippen LogP contribution is -2.34. The second kappa shape index (κ2) is 6.49. The Kier molecular flexibility index (Phi) is 4.24. The fourth-order valence-electron chi connectivity index (χ4n) is 2.29. The summed E-state index contributed by atoms with van der Waals surface area (Å²) in [6, 6.07) is 13.0. The third kappa shape index (κ3) is 2.96. The first kappa shape index (κ1) is 15.7. The van der Waals surface area contributed by atoms with Crippen LogP contribution in [0.25, 0.3) is 10.9 Å². The van der Waals surface area contributed by atoms with E-state index in [1.807, 2.05) is 0 Å². The van der Waals surface area contributed by atoms with E-state index in [9.17, 15) is 9.59 Å². The predicted octanol–water partition coefficient (Wildman–Crippen LogP) is 2.00. The van der Waals surface area contributed by atoms with Gasteiger partial charge in [0.05, 0.1) is 12.5 Å². The number of ether oxygens (including phenoxy) is 1. The summed E-state index contributed by atoms with van der Waals surface area (Å²) in [7, 11) is 1.57. The average Bonchev–Trinajstić information content (AvgIpc) is 2.62. The molecule has 2 aromatic carbocycles. The van der Waals surface area contributed by atoms with Gasteiger partial charge in [0.2, 0.25) is 5.91 Å². The quantitative estimate of drug-likeness (QED) is 0.793. The normalized spacial score (nSPS) is 11.9. The van der Waals surface area contributed by atoms with Gasteiger partial charge in [-0.1, -0.05) is 17.3 Å². The Labute approximate surface area is 137 Å². The molecule has 3 rings (SSSR count). The first-order valence-electron chi connectivity index (χ1n) is 7.39. The molecule has 0 aliphatic rings. The molecule has 1 amide bonds. The summed E-state index contributed by atoms with van der Waals surface area (Å²) in [5.41, 5.74) is 0.758. The Morgan fingerprint density at radius 1 is 1.17 bits per heavy atom. The van der Waals surface area contributed by atoms with Gasteiger partial charge in [-0.05, 0) is 43.3 Å². The van der Waals surface area contributed by atoms with Gasteiger partial charge in [-0.3, -0.25) is 9.59 Å². The highest BCUT2D eigenvalue weighted by Crippen LogP contribution is 2.16. The molecule has 24 heavy (non-hydrogen) atoms. The molecule has 0 aliphatic carbocycles. The number of benzene rings is 2. The van der Waals surface area contributed by atoms with Gasteiger partial charge in [0.15, 0.2) is 0 Å². The van der Waals surface area contributed by atoms with Crippen LogP contribution in [0.15, 0.2) is 53.3 Å². The van der Waals surface area contributed by atoms with Gasteiger partial charge >= 0.3 is 0 Å². The lowest BCUT2D eigenvalue weighted by Gasteiger charge is -2.14. The second-order valence-electron chi connectivity index (χ2n) is 5.25. The summed E-state index contributed by atoms with van der Waals surface area (Å²) in [5.74, 6) is 0.338. The molecule has 0 aliphatic heterocycles. The van der Waals surface area contributed by atoms with Crippen molar-refractivity contribution < 1.29 is 9.53 Å². The third-order valence-corrected chi connectivity index (χ3v) is 3.70. The highest BCUT2D eigenvalue weighted by atomic mass is 16.5. The number of anilines is 1. The number of fused-ring (bicyclic) bond motifs is 1. The van der Waals surface area contributed by atoms with Crippen molar-refractivity contribution in [2.45, 2.75) is 13.0 Å². The number of methoxy groups -OCH3 is 1. The van der Waals surface area contributed by atoms with Crippen LogP contribution in [0.2, 0.25) is 0 Å². The number of carbonyl (C=O) groups excluding carboxylic acids is 1. The molecule has 0 fully saturated rings. The van der Waals surface area contributed by atoms with Crippen molar-refractivity contribution in [3.63, 3.8) is 0 Å². The lowest BCUT2D eigenvalue weighted by molar-refractivity contribution is -0.119. The van der Waals surface area contributed by atoms with Gasteiger partial charge in [0.1, 0.15) is 17.3 Å². The number of nitrogens with zero attached hydrogens (tertiary/aromatic N) is 3. The molecule has 1 unspecified atom stereocenters. The number of carbonyl (C=O) groups is 1. The Balaban J connectivity index is 1.85. The molecular formula is C17H16N4O3. The van der Waals surface area contributed by atoms with Crippen LogP contribution in [-0.4, -0.2) is 28.0 Å². The molecule has 122 valence electrons. The van der Waals surface area contributed by atoms with E-state index in [0.29, 0.717) is 22.3 Å². The van der Waals surface area contributed by atoms with Crippen molar-refractivity contribution in [2.75, 3.05) is 12.4 Å². The van der Waals surface area contributed by atoms with E-state index in [0.717, 1.165) is 4.68 Å². The Bertz CT molecular complexity index is 934. The molecular weight excluding hydrogens is 308 g/mol. The Morgan fingerprint density at radius 3 is 2.58 bits per heavy atom. The first-order chi connectivity index (χ1) is 11.6. The van der Waals surface area contributed by atoms with Crippen LogP contribution in [0.3, 0.4) is 0 Å². The van der Waals surface area contributed by atoms with E-state index < -0.39 is 6.04 Å². The van der Waals surface area contributed by atoms with Crippen molar-refractivity contribution in [3.8, 4) is 5.75 Å². The van der Waals surface area contributed by atoms with E-state index in [2.05, 4.69) is 15.6 Å². The molecule has 7 nitrogen and oxygen atoms in total. The van der Waals surface area contributed by atoms with E-state index in [4.69, 9.17) is 4.74 Å². The van der Waals surface area contributed by atoms with Crippen LogP contribution >= 0.6 is 0 Å². The maximum Gasteiger partial charge on any atom is 0.278 e. The number of amides is 1. The minimum Gasteiger partial charge on any atom is -0.497 e. The molecule has 1 aromatic heterocycles. The van der Waals surface area contributed by atoms with Gasteiger partial charge in [-0.15, -0.1) is 5.10 Å². The van der Waals surface area contributed by atoms with Gasteiger partial charge < -0.3 is 10.1 Å². The van der Waals surface area contributed by atoms with Crippen LogP contribution in [-0.2, 0) is 4.79 Å². The Morgan fingerprint density at radius 2 is 1.88 bits per heavy atom. The molecule has 7 heteroatoms. The van der Waals surface area contributed by atoms with Crippen molar-refractivity contribution in [1.82, 2.24) is 15.0 Å². The maximum absolute atomic E-state index is 12.5. The molecule has 0 spiro atoms. The first-order valence-corrected chi connectivity index (χ1v) is 7.39. The van der Waals surface area contributed by atoms with Crippen molar-refractivity contribution >= 4 is 22.5 Å². The van der Waals surface area contributed by atoms with E-state index in [1.54, 1.807) is 62.6 Å². The molecule has 0 saturated carbocycles. The molecule has 1 atom stereocenters. The SMILES string of the molecule is COc1ccc(NC(=O)C(C)n2nnc3ccccc3c2=O)cc1. The standard InChI is InChI=1S/C17H16N4O3/c1-11(16(22)18-12-7-9-13(24-2)10-8-12)21-17(23)14-5-3-4-6-15(14)19-20-21/h3-11H,1-2H3,(H,18,22). The van der Waals surface area contributed by atoms with Crippen molar-refractivity contribution in [2.24, 2.45) is 0 Å². The molecule has 1 heterocycles. The molecule has 3 aromatic rings. The van der Waals surface area contributed by atoms with Crippen molar-refractivity contribution in [3.05, 3.63) is 58.9 Å². The van der Waals surface area contributed by atoms with Crippen LogP contribution in [0.4, 0.5) is 5.69 Å². The number of aromatic nitrogens is 3. The predicted molar refractivity (Wildman–Crippen MR) is 90.1 cm³/mol. The fraction of sp³-hybridized carbons (Fsp3) is 0.176.